The zero-order valence-electron chi connectivity index (χ0n) is 6.95. The molecule has 0 atom stereocenters. The molecule has 1 N–H and O–H groups in total. The van der Waals surface area contributed by atoms with Crippen molar-refractivity contribution < 1.29 is 9.37 Å². The predicted octanol–water partition coefficient (Wildman–Crippen LogP) is -0.497. The maximum atomic E-state index is 10.4. The third-order valence-electron chi connectivity index (χ3n) is 1.49. The molecule has 0 amide bonds. The largest absolute Gasteiger partial charge is 0.296 e. The van der Waals surface area contributed by atoms with Crippen molar-refractivity contribution >= 4 is 13.0 Å². The van der Waals surface area contributed by atoms with Gasteiger partial charge in [0.25, 0.3) is 0 Å². The molecule has 1 aromatic heterocycles. The summed E-state index contributed by atoms with van der Waals surface area (Å²) in [6.45, 7) is 4.44. The van der Waals surface area contributed by atoms with Gasteiger partial charge >= 0.3 is 0 Å². The van der Waals surface area contributed by atoms with Crippen LogP contribution in [0.1, 0.15) is 16.2 Å². The summed E-state index contributed by atoms with van der Waals surface area (Å²) in [5.74, 6) is 0. The Labute approximate surface area is 70.1 Å². The highest BCUT2D eigenvalue weighted by Crippen LogP contribution is 1.97. The molecule has 0 fully saturated rings. The average molecular weight is 167 g/mol. The Bertz CT molecular complexity index is 291. The molecule has 0 radical (unpaired) electrons. The van der Waals surface area contributed by atoms with Crippen molar-refractivity contribution in [2.75, 3.05) is 13.6 Å². The second kappa shape index (κ2) is 3.75. The molecular weight excluding hydrogens is 156 g/mol. The van der Waals surface area contributed by atoms with Crippen LogP contribution >= 0.6 is 0 Å². The maximum absolute atomic E-state index is 10.4. The normalized spacial score (nSPS) is 9.75. The van der Waals surface area contributed by atoms with Gasteiger partial charge in [-0.25, -0.2) is 4.58 Å². The van der Waals surface area contributed by atoms with Crippen LogP contribution in [0.3, 0.4) is 0 Å². The van der Waals surface area contributed by atoms with E-state index in [1.54, 1.807) is 4.58 Å². The number of H-pyrrole nitrogens is 1. The van der Waals surface area contributed by atoms with Gasteiger partial charge in [-0.15, -0.1) is 0 Å². The van der Waals surface area contributed by atoms with Crippen molar-refractivity contribution in [2.24, 2.45) is 0 Å². The van der Waals surface area contributed by atoms with E-state index in [4.69, 9.17) is 0 Å². The molecule has 0 saturated heterocycles. The Morgan fingerprint density at radius 2 is 2.42 bits per heavy atom. The Balaban J connectivity index is 2.62. The fourth-order valence-corrected chi connectivity index (χ4v) is 0.836. The summed E-state index contributed by atoms with van der Waals surface area (Å²) < 4.78 is 1.78. The van der Waals surface area contributed by atoms with Crippen molar-refractivity contribution in [3.8, 4) is 0 Å². The molecule has 0 unspecified atom stereocenters. The van der Waals surface area contributed by atoms with E-state index >= 15 is 0 Å². The summed E-state index contributed by atoms with van der Waals surface area (Å²) in [6, 6.07) is 0. The van der Waals surface area contributed by atoms with Crippen molar-refractivity contribution in [3.05, 3.63) is 11.4 Å². The number of carbonyl (C=O) groups excluding carboxylic acids is 1. The molecule has 0 bridgehead atoms. The van der Waals surface area contributed by atoms with E-state index < -0.39 is 0 Å². The molecule has 1 rings (SSSR count). The van der Waals surface area contributed by atoms with Crippen molar-refractivity contribution in [1.29, 1.82) is 0 Å². The van der Waals surface area contributed by atoms with E-state index in [9.17, 15) is 4.79 Å². The molecule has 0 aliphatic heterocycles. The van der Waals surface area contributed by atoms with Crippen LogP contribution in [0.2, 0.25) is 0 Å². The van der Waals surface area contributed by atoms with E-state index in [1.165, 1.54) is 0 Å². The molecule has 1 aromatic rings. The van der Waals surface area contributed by atoms with Crippen LogP contribution < -0.4 is 0 Å². The quantitative estimate of drug-likeness (QED) is 0.373. The Morgan fingerprint density at radius 1 is 1.67 bits per heavy atom. The first-order valence-corrected chi connectivity index (χ1v) is 3.60. The van der Waals surface area contributed by atoms with Crippen LogP contribution in [-0.4, -0.2) is 46.6 Å². The lowest BCUT2D eigenvalue weighted by Crippen LogP contribution is -2.08. The first-order chi connectivity index (χ1) is 5.74. The van der Waals surface area contributed by atoms with Gasteiger partial charge in [-0.3, -0.25) is 4.79 Å². The van der Waals surface area contributed by atoms with E-state index in [0.717, 1.165) is 6.54 Å². The summed E-state index contributed by atoms with van der Waals surface area (Å²) >= 11 is 0. The van der Waals surface area contributed by atoms with Gasteiger partial charge in [0.05, 0.1) is 12.1 Å². The SMILES string of the molecule is C=[N+](C)CCc1n[nH]nc1C=O. The molecule has 1 heterocycles. The number of likely N-dealkylation sites (N-methyl/N-ethyl adjacent to an activating group) is 1. The van der Waals surface area contributed by atoms with Gasteiger partial charge in [0, 0.05) is 0 Å². The van der Waals surface area contributed by atoms with Gasteiger partial charge in [-0.2, -0.15) is 15.4 Å². The lowest BCUT2D eigenvalue weighted by molar-refractivity contribution is -0.487. The third kappa shape index (κ3) is 1.98. The second-order valence-electron chi connectivity index (χ2n) is 2.60. The summed E-state index contributed by atoms with van der Waals surface area (Å²) in [6.07, 6.45) is 1.38. The number of carbonyl (C=O) groups is 1. The molecule has 0 aliphatic rings. The predicted molar refractivity (Wildman–Crippen MR) is 43.6 cm³/mol. The zero-order valence-corrected chi connectivity index (χ0v) is 6.95. The molecule has 64 valence electrons. The standard InChI is InChI=1S/C7H10N4O/c1-11(2)4-3-6-7(5-12)9-10-8-6/h5H,1,3-4H2,2H3/p+1. The topological polar surface area (TPSA) is 61.6 Å². The second-order valence-corrected chi connectivity index (χ2v) is 2.60. The van der Waals surface area contributed by atoms with E-state index in [2.05, 4.69) is 22.1 Å². The minimum absolute atomic E-state index is 0.386. The molecule has 0 aromatic carbocycles. The average Bonchev–Trinajstić information content (AvgIpc) is 2.47. The fourth-order valence-electron chi connectivity index (χ4n) is 0.836. The number of hydrogen-bond acceptors (Lipinski definition) is 3. The van der Waals surface area contributed by atoms with Crippen LogP contribution in [-0.2, 0) is 6.42 Å². The monoisotopic (exact) mass is 167 g/mol. The van der Waals surface area contributed by atoms with Gasteiger partial charge in [0.1, 0.15) is 26.0 Å². The van der Waals surface area contributed by atoms with Crippen molar-refractivity contribution in [1.82, 2.24) is 15.4 Å². The van der Waals surface area contributed by atoms with Crippen molar-refractivity contribution in [2.45, 2.75) is 6.42 Å². The third-order valence-corrected chi connectivity index (χ3v) is 1.49. The molecule has 0 saturated carbocycles. The molecule has 12 heavy (non-hydrogen) atoms. The number of aromatic amines is 1. The minimum Gasteiger partial charge on any atom is -0.296 e. The minimum atomic E-state index is 0.386. The zero-order chi connectivity index (χ0) is 8.97. The molecule has 0 aliphatic carbocycles. The Morgan fingerprint density at radius 3 is 3.00 bits per heavy atom. The molecular formula is C7H11N4O+. The van der Waals surface area contributed by atoms with E-state index in [-0.39, 0.29) is 0 Å². The number of nitrogens with zero attached hydrogens (tertiary/aromatic N) is 3. The van der Waals surface area contributed by atoms with E-state index in [1.807, 2.05) is 7.05 Å². The van der Waals surface area contributed by atoms with Crippen molar-refractivity contribution in [3.63, 3.8) is 0 Å². The number of aromatic nitrogens is 3. The van der Waals surface area contributed by atoms with Gasteiger partial charge in [0.15, 0.2) is 6.29 Å². The fraction of sp³-hybridized carbons (Fsp3) is 0.429. The van der Waals surface area contributed by atoms with Gasteiger partial charge in [-0.05, 0) is 0 Å². The van der Waals surface area contributed by atoms with Crippen LogP contribution in [0.5, 0.6) is 0 Å². The molecule has 5 heteroatoms. The number of aldehydes is 1. The van der Waals surface area contributed by atoms with Gasteiger partial charge < -0.3 is 0 Å². The van der Waals surface area contributed by atoms with Crippen LogP contribution in [0, 0.1) is 0 Å². The molecule has 5 nitrogen and oxygen atoms in total. The van der Waals surface area contributed by atoms with Crippen LogP contribution in [0.25, 0.3) is 0 Å². The maximum Gasteiger partial charge on any atom is 0.172 e. The number of nitrogens with one attached hydrogen (secondary N) is 1. The van der Waals surface area contributed by atoms with E-state index in [0.29, 0.717) is 24.1 Å². The number of hydrogen-bond donors (Lipinski definition) is 1. The summed E-state index contributed by atoms with van der Waals surface area (Å²) in [5, 5.41) is 9.91. The number of rotatable bonds is 4. The summed E-state index contributed by atoms with van der Waals surface area (Å²) in [4.78, 5) is 10.4. The van der Waals surface area contributed by atoms with Crippen LogP contribution in [0.15, 0.2) is 0 Å². The Hall–Kier alpha value is -1.52. The summed E-state index contributed by atoms with van der Waals surface area (Å²) in [5.41, 5.74) is 1.08. The highest BCUT2D eigenvalue weighted by atomic mass is 16.1. The van der Waals surface area contributed by atoms with Gasteiger partial charge in [-0.1, -0.05) is 0 Å². The Kier molecular flexibility index (Phi) is 2.68. The van der Waals surface area contributed by atoms with Crippen LogP contribution in [0.4, 0.5) is 0 Å². The lowest BCUT2D eigenvalue weighted by Gasteiger charge is -1.92. The highest BCUT2D eigenvalue weighted by Gasteiger charge is 2.07. The van der Waals surface area contributed by atoms with Gasteiger partial charge in [0.2, 0.25) is 0 Å². The summed E-state index contributed by atoms with van der Waals surface area (Å²) in [7, 11) is 1.86. The smallest absolute Gasteiger partial charge is 0.172 e. The first kappa shape index (κ1) is 8.58. The molecule has 0 spiro atoms. The lowest BCUT2D eigenvalue weighted by atomic mass is 10.2. The first-order valence-electron chi connectivity index (χ1n) is 3.60. The highest BCUT2D eigenvalue weighted by molar-refractivity contribution is 5.72.